The van der Waals surface area contributed by atoms with Crippen LogP contribution in [0.1, 0.15) is 47.6 Å². The van der Waals surface area contributed by atoms with E-state index in [4.69, 9.17) is 0 Å². The summed E-state index contributed by atoms with van der Waals surface area (Å²) < 4.78 is 2.12. The second-order valence-electron chi connectivity index (χ2n) is 8.45. The van der Waals surface area contributed by atoms with Crippen molar-refractivity contribution >= 4 is 0 Å². The molecule has 2 fully saturated rings. The first-order chi connectivity index (χ1) is 12.8. The molecule has 2 aromatic rings. The molecule has 0 N–H and O–H groups in total. The number of nitrogens with zero attached hydrogens (tertiary/aromatic N) is 4. The summed E-state index contributed by atoms with van der Waals surface area (Å²) in [6.45, 7) is 5.94. The molecule has 1 aromatic heterocycles. The first-order valence-corrected chi connectivity index (χ1v) is 10.3. The lowest BCUT2D eigenvalue weighted by Gasteiger charge is -2.27. The maximum Gasteiger partial charge on any atom is 0.0537 e. The number of fused-ring (bicyclic) bond motifs is 1. The Kier molecular flexibility index (Phi) is 4.33. The van der Waals surface area contributed by atoms with Gasteiger partial charge in [0.15, 0.2) is 0 Å². The molecule has 5 rings (SSSR count). The van der Waals surface area contributed by atoms with Gasteiger partial charge in [-0.25, -0.2) is 0 Å². The van der Waals surface area contributed by atoms with Gasteiger partial charge in [0.25, 0.3) is 0 Å². The summed E-state index contributed by atoms with van der Waals surface area (Å²) in [6, 6.07) is 9.74. The van der Waals surface area contributed by atoms with Crippen LogP contribution in [-0.4, -0.2) is 51.8 Å². The van der Waals surface area contributed by atoms with Gasteiger partial charge in [0.2, 0.25) is 0 Å². The Balaban J connectivity index is 1.21. The summed E-state index contributed by atoms with van der Waals surface area (Å²) in [5.74, 6) is 0.776. The molecule has 4 nitrogen and oxygen atoms in total. The Morgan fingerprint density at radius 1 is 1.00 bits per heavy atom. The fraction of sp³-hybridized carbons (Fsp3) is 0.591. The molecule has 0 bridgehead atoms. The van der Waals surface area contributed by atoms with E-state index >= 15 is 0 Å². The van der Waals surface area contributed by atoms with E-state index in [1.54, 1.807) is 11.1 Å². The Hall–Kier alpha value is -1.65. The smallest absolute Gasteiger partial charge is 0.0537 e. The standard InChI is InChI=1S/C22H30N4/c1-24-22(17-7-8-17)20(15-23-24)16-25-9-4-10-26(12-11-25)21-13-18-5-2-3-6-19(18)14-21/h2-3,5-6,15,17,21H,4,7-14,16H2,1H3. The third kappa shape index (κ3) is 3.21. The Morgan fingerprint density at radius 2 is 1.77 bits per heavy atom. The zero-order valence-electron chi connectivity index (χ0n) is 15.9. The van der Waals surface area contributed by atoms with Gasteiger partial charge >= 0.3 is 0 Å². The molecule has 0 amide bonds. The number of hydrogen-bond donors (Lipinski definition) is 0. The molecule has 2 aliphatic carbocycles. The van der Waals surface area contributed by atoms with Crippen molar-refractivity contribution in [2.45, 2.75) is 50.6 Å². The third-order valence-electron chi connectivity index (χ3n) is 6.59. The lowest BCUT2D eigenvalue weighted by atomic mass is 10.1. The summed E-state index contributed by atoms with van der Waals surface area (Å²) in [5, 5.41) is 4.55. The normalized spacial score (nSPS) is 22.5. The van der Waals surface area contributed by atoms with Gasteiger partial charge in [-0.15, -0.1) is 0 Å². The minimum Gasteiger partial charge on any atom is -0.298 e. The molecule has 138 valence electrons. The molecule has 1 aromatic carbocycles. The topological polar surface area (TPSA) is 24.3 Å². The van der Waals surface area contributed by atoms with E-state index in [0.717, 1.165) is 12.5 Å². The van der Waals surface area contributed by atoms with Crippen LogP contribution in [-0.2, 0) is 26.4 Å². The van der Waals surface area contributed by atoms with Gasteiger partial charge in [0, 0.05) is 49.9 Å². The van der Waals surface area contributed by atoms with Crippen LogP contribution in [0.5, 0.6) is 0 Å². The molecule has 4 heteroatoms. The van der Waals surface area contributed by atoms with E-state index in [1.165, 1.54) is 69.5 Å². The number of rotatable bonds is 4. The highest BCUT2D eigenvalue weighted by Gasteiger charge is 2.31. The van der Waals surface area contributed by atoms with Crippen molar-refractivity contribution in [1.29, 1.82) is 0 Å². The van der Waals surface area contributed by atoms with Crippen molar-refractivity contribution in [3.63, 3.8) is 0 Å². The molecular formula is C22H30N4. The van der Waals surface area contributed by atoms with Crippen LogP contribution >= 0.6 is 0 Å². The van der Waals surface area contributed by atoms with Crippen molar-refractivity contribution in [2.24, 2.45) is 7.05 Å². The number of hydrogen-bond acceptors (Lipinski definition) is 3. The van der Waals surface area contributed by atoms with Crippen LogP contribution in [0.4, 0.5) is 0 Å². The molecule has 1 saturated carbocycles. The first kappa shape index (κ1) is 16.5. The minimum absolute atomic E-state index is 0.716. The fourth-order valence-corrected chi connectivity index (χ4v) is 5.05. The van der Waals surface area contributed by atoms with E-state index < -0.39 is 0 Å². The second-order valence-corrected chi connectivity index (χ2v) is 8.45. The summed E-state index contributed by atoms with van der Waals surface area (Å²) in [7, 11) is 2.11. The molecule has 0 spiro atoms. The van der Waals surface area contributed by atoms with Gasteiger partial charge in [0.05, 0.1) is 6.20 Å². The molecular weight excluding hydrogens is 320 g/mol. The predicted molar refractivity (Wildman–Crippen MR) is 104 cm³/mol. The summed E-state index contributed by atoms with van der Waals surface area (Å²) in [4.78, 5) is 5.41. The predicted octanol–water partition coefficient (Wildman–Crippen LogP) is 2.97. The zero-order chi connectivity index (χ0) is 17.5. The molecule has 2 heterocycles. The summed E-state index contributed by atoms with van der Waals surface area (Å²) >= 11 is 0. The van der Waals surface area contributed by atoms with Gasteiger partial charge in [-0.2, -0.15) is 5.10 Å². The number of aromatic nitrogens is 2. The Morgan fingerprint density at radius 3 is 2.50 bits per heavy atom. The maximum atomic E-state index is 4.55. The van der Waals surface area contributed by atoms with Crippen LogP contribution in [0.25, 0.3) is 0 Å². The molecule has 1 saturated heterocycles. The van der Waals surface area contributed by atoms with Crippen LogP contribution in [0.3, 0.4) is 0 Å². The quantitative estimate of drug-likeness (QED) is 0.847. The van der Waals surface area contributed by atoms with Gasteiger partial charge < -0.3 is 0 Å². The summed E-state index contributed by atoms with van der Waals surface area (Å²) in [6.07, 6.45) is 8.58. The van der Waals surface area contributed by atoms with Crippen LogP contribution < -0.4 is 0 Å². The molecule has 0 radical (unpaired) electrons. The van der Waals surface area contributed by atoms with Crippen LogP contribution in [0.2, 0.25) is 0 Å². The average Bonchev–Trinajstić information content (AvgIpc) is 3.34. The number of benzene rings is 1. The van der Waals surface area contributed by atoms with Crippen molar-refractivity contribution < 1.29 is 0 Å². The summed E-state index contributed by atoms with van der Waals surface area (Å²) in [5.41, 5.74) is 6.11. The molecule has 0 atom stereocenters. The highest BCUT2D eigenvalue weighted by Crippen LogP contribution is 2.41. The lowest BCUT2D eigenvalue weighted by Crippen LogP contribution is -2.38. The molecule has 0 unspecified atom stereocenters. The zero-order valence-corrected chi connectivity index (χ0v) is 15.9. The van der Waals surface area contributed by atoms with Crippen LogP contribution in [0, 0.1) is 0 Å². The van der Waals surface area contributed by atoms with Crippen molar-refractivity contribution in [1.82, 2.24) is 19.6 Å². The Labute approximate surface area is 156 Å². The monoisotopic (exact) mass is 350 g/mol. The first-order valence-electron chi connectivity index (χ1n) is 10.3. The van der Waals surface area contributed by atoms with E-state index in [9.17, 15) is 0 Å². The van der Waals surface area contributed by atoms with Gasteiger partial charge in [-0.3, -0.25) is 14.5 Å². The molecule has 3 aliphatic rings. The van der Waals surface area contributed by atoms with E-state index in [0.29, 0.717) is 6.04 Å². The lowest BCUT2D eigenvalue weighted by molar-refractivity contribution is 0.200. The molecule has 1 aliphatic heterocycles. The van der Waals surface area contributed by atoms with Gasteiger partial charge in [-0.1, -0.05) is 24.3 Å². The average molecular weight is 351 g/mol. The highest BCUT2D eigenvalue weighted by molar-refractivity contribution is 5.33. The van der Waals surface area contributed by atoms with Gasteiger partial charge in [0.1, 0.15) is 0 Å². The largest absolute Gasteiger partial charge is 0.298 e. The third-order valence-corrected chi connectivity index (χ3v) is 6.59. The minimum atomic E-state index is 0.716. The van der Waals surface area contributed by atoms with E-state index in [1.807, 2.05) is 0 Å². The SMILES string of the molecule is Cn1ncc(CN2CCCN(C3Cc4ccccc4C3)CC2)c1C1CC1. The number of aryl methyl sites for hydroxylation is 1. The van der Waals surface area contributed by atoms with Gasteiger partial charge in [-0.05, 0) is 56.3 Å². The van der Waals surface area contributed by atoms with Crippen LogP contribution in [0.15, 0.2) is 30.5 Å². The molecule has 26 heavy (non-hydrogen) atoms. The Bertz CT molecular complexity index is 751. The van der Waals surface area contributed by atoms with Crippen molar-refractivity contribution in [2.75, 3.05) is 26.2 Å². The van der Waals surface area contributed by atoms with Crippen molar-refractivity contribution in [3.05, 3.63) is 52.8 Å². The fourth-order valence-electron chi connectivity index (χ4n) is 5.05. The maximum absolute atomic E-state index is 4.55. The van der Waals surface area contributed by atoms with E-state index in [-0.39, 0.29) is 0 Å². The van der Waals surface area contributed by atoms with E-state index in [2.05, 4.69) is 57.1 Å². The van der Waals surface area contributed by atoms with Crippen molar-refractivity contribution in [3.8, 4) is 0 Å². The second kappa shape index (κ2) is 6.82. The highest BCUT2D eigenvalue weighted by atomic mass is 15.3.